The highest BCUT2D eigenvalue weighted by Gasteiger charge is 2.66. The maximum atomic E-state index is 13.4. The van der Waals surface area contributed by atoms with Crippen molar-refractivity contribution in [3.05, 3.63) is 95.1 Å². The number of nitrogens with zero attached hydrogens (tertiary/aromatic N) is 1. The second-order valence-corrected chi connectivity index (χ2v) is 18.8. The van der Waals surface area contributed by atoms with Crippen LogP contribution in [0.5, 0.6) is 0 Å². The zero-order valence-corrected chi connectivity index (χ0v) is 41.5. The molecule has 9 N–H and O–H groups in total. The number of aliphatic hydroxyl groups excluding tert-OH is 2. The monoisotopic (exact) mass is 984 g/mol. The van der Waals surface area contributed by atoms with E-state index < -0.39 is 64.3 Å². The van der Waals surface area contributed by atoms with Crippen LogP contribution in [-0.4, -0.2) is 138 Å². The normalized spacial score (nSPS) is 25.4. The molecule has 19 heteroatoms. The van der Waals surface area contributed by atoms with Gasteiger partial charge in [0, 0.05) is 56.9 Å². The van der Waals surface area contributed by atoms with Crippen LogP contribution in [0.1, 0.15) is 110 Å². The number of amides is 3. The number of aromatic carboxylic acids is 1. The highest BCUT2D eigenvalue weighted by atomic mass is 16.5. The van der Waals surface area contributed by atoms with Gasteiger partial charge in [-0.2, -0.15) is 0 Å². The van der Waals surface area contributed by atoms with Crippen LogP contribution in [0, 0.1) is 22.7 Å². The van der Waals surface area contributed by atoms with Gasteiger partial charge in [-0.15, -0.1) is 0 Å². The molecule has 388 valence electrons. The Bertz CT molecular complexity index is 2130. The summed E-state index contributed by atoms with van der Waals surface area (Å²) in [6, 6.07) is 17.9. The third-order valence-electron chi connectivity index (χ3n) is 12.8. The van der Waals surface area contributed by atoms with Crippen LogP contribution in [0.25, 0.3) is 0 Å². The summed E-state index contributed by atoms with van der Waals surface area (Å²) in [5, 5.41) is 66.0. The van der Waals surface area contributed by atoms with Crippen molar-refractivity contribution in [3.63, 3.8) is 0 Å². The molecular formula is C51H72N2O17. The molecule has 0 aromatic heterocycles. The third kappa shape index (κ3) is 18.0. The summed E-state index contributed by atoms with van der Waals surface area (Å²) in [5.74, 6) is -4.67. The average Bonchev–Trinajstić information content (AvgIpc) is 3.60. The number of hydrogen-bond donors (Lipinski definition) is 8. The number of allylic oxidation sites excluding steroid dienone is 1. The number of primary amides is 1. The molecule has 2 aliphatic heterocycles. The van der Waals surface area contributed by atoms with Gasteiger partial charge in [-0.25, -0.2) is 4.79 Å². The molecule has 3 fully saturated rings. The van der Waals surface area contributed by atoms with Crippen LogP contribution >= 0.6 is 0 Å². The number of benzene rings is 2. The highest BCUT2D eigenvalue weighted by Crippen LogP contribution is 2.61. The number of carbonyl (C=O) groups excluding carboxylic acids is 4. The number of aliphatic carboxylic acids is 3. The first kappa shape index (κ1) is 61.9. The molecular weight excluding hydrogens is 913 g/mol. The predicted octanol–water partition coefficient (Wildman–Crippen LogP) is 4.69. The zero-order chi connectivity index (χ0) is 53.8. The summed E-state index contributed by atoms with van der Waals surface area (Å²) in [4.78, 5) is 84.0. The van der Waals surface area contributed by atoms with Crippen LogP contribution in [0.2, 0.25) is 0 Å². The van der Waals surface area contributed by atoms with Crippen molar-refractivity contribution in [2.75, 3.05) is 20.3 Å². The van der Waals surface area contributed by atoms with Gasteiger partial charge in [-0.05, 0) is 89.5 Å². The lowest BCUT2D eigenvalue weighted by molar-refractivity contribution is -0.241. The minimum Gasteiger partial charge on any atom is -0.481 e. The molecule has 3 amide bonds. The van der Waals surface area contributed by atoms with E-state index >= 15 is 0 Å². The van der Waals surface area contributed by atoms with Crippen molar-refractivity contribution in [1.29, 1.82) is 0 Å². The molecule has 2 saturated carbocycles. The van der Waals surface area contributed by atoms with Crippen LogP contribution in [0.15, 0.2) is 84.0 Å². The van der Waals surface area contributed by atoms with Gasteiger partial charge in [0.25, 0.3) is 17.8 Å². The van der Waals surface area contributed by atoms with Gasteiger partial charge in [0.05, 0.1) is 47.4 Å². The van der Waals surface area contributed by atoms with Crippen molar-refractivity contribution in [2.24, 2.45) is 28.4 Å². The summed E-state index contributed by atoms with van der Waals surface area (Å²) in [5.41, 5.74) is 4.56. The molecule has 0 radical (unpaired) electrons. The number of carbonyl (C=O) groups is 8. The summed E-state index contributed by atoms with van der Waals surface area (Å²) >= 11 is 0. The Morgan fingerprint density at radius 3 is 1.74 bits per heavy atom. The van der Waals surface area contributed by atoms with Gasteiger partial charge in [-0.1, -0.05) is 68.0 Å². The molecule has 3 aliphatic carbocycles. The molecule has 2 bridgehead atoms. The van der Waals surface area contributed by atoms with Crippen molar-refractivity contribution in [1.82, 2.24) is 4.90 Å². The summed E-state index contributed by atoms with van der Waals surface area (Å²) < 4.78 is 10.6. The van der Waals surface area contributed by atoms with E-state index in [1.807, 2.05) is 71.9 Å². The third-order valence-corrected chi connectivity index (χ3v) is 12.8. The molecule has 5 aliphatic rings. The molecule has 2 aromatic rings. The predicted molar refractivity (Wildman–Crippen MR) is 256 cm³/mol. The number of carboxylic acid groups (broad SMARTS) is 4. The maximum absolute atomic E-state index is 13.4. The van der Waals surface area contributed by atoms with Crippen molar-refractivity contribution in [3.8, 4) is 0 Å². The number of hydrogen-bond acceptors (Lipinski definition) is 13. The molecule has 1 saturated heterocycles. The van der Waals surface area contributed by atoms with E-state index in [0.717, 1.165) is 35.1 Å². The minimum atomic E-state index is -1.26. The fourth-order valence-corrected chi connectivity index (χ4v) is 8.51. The number of imide groups is 1. The summed E-state index contributed by atoms with van der Waals surface area (Å²) in [6.45, 7) is 15.3. The summed E-state index contributed by atoms with van der Waals surface area (Å²) in [7, 11) is 1.71. The fourth-order valence-electron chi connectivity index (χ4n) is 8.51. The molecule has 7 unspecified atom stereocenters. The molecule has 7 atom stereocenters. The van der Waals surface area contributed by atoms with Gasteiger partial charge < -0.3 is 51.0 Å². The molecule has 19 nitrogen and oxygen atoms in total. The zero-order valence-electron chi connectivity index (χ0n) is 41.5. The Morgan fingerprint density at radius 2 is 1.34 bits per heavy atom. The number of nitrogens with two attached hydrogens (primary N) is 1. The van der Waals surface area contributed by atoms with Crippen LogP contribution in [-0.2, 0) is 49.5 Å². The number of rotatable bonds is 7. The number of fused-ring (bicyclic) bond motifs is 5. The molecule has 2 heterocycles. The Morgan fingerprint density at radius 1 is 0.871 bits per heavy atom. The van der Waals surface area contributed by atoms with E-state index in [1.54, 1.807) is 44.4 Å². The first-order valence-corrected chi connectivity index (χ1v) is 22.6. The molecule has 70 heavy (non-hydrogen) atoms. The van der Waals surface area contributed by atoms with Crippen molar-refractivity contribution >= 4 is 47.9 Å². The van der Waals surface area contributed by atoms with E-state index in [4.69, 9.17) is 39.5 Å². The van der Waals surface area contributed by atoms with Crippen LogP contribution in [0.3, 0.4) is 0 Å². The van der Waals surface area contributed by atoms with Crippen molar-refractivity contribution in [2.45, 2.75) is 130 Å². The number of carboxylic acids is 4. The Labute approximate surface area is 409 Å². The van der Waals surface area contributed by atoms with Crippen molar-refractivity contribution < 1.29 is 83.6 Å². The number of methoxy groups -OCH3 is 1. The second kappa shape index (κ2) is 27.9. The Hall–Kier alpha value is -6.12. The van der Waals surface area contributed by atoms with E-state index in [-0.39, 0.29) is 55.1 Å². The van der Waals surface area contributed by atoms with E-state index in [0.29, 0.717) is 49.8 Å². The average molecular weight is 985 g/mol. The number of Topliss-reactive ketones (excluding diaryl/α,β-unsaturated/α-hetero) is 1. The quantitative estimate of drug-likeness (QED) is 0.106. The van der Waals surface area contributed by atoms with Gasteiger partial charge >= 0.3 is 17.9 Å². The topological polar surface area (TPSA) is 326 Å². The first-order valence-electron chi connectivity index (χ1n) is 22.6. The number of ketones is 1. The lowest BCUT2D eigenvalue weighted by Crippen LogP contribution is -2.68. The Kier molecular flexibility index (Phi) is 24.7. The molecule has 2 aromatic carbocycles. The SMILES string of the molecule is CC(=O)O.CC1=C2C(O)C(=O)C3(C)C(O)CC4OCC4C3CC(O)(CC1)C2(C)C.COC(C)(C)C.NC=O.O=C(O)CCN1C(=O)C=CC1=O.O=C(O)CCc1ccccc1.O=C(O)c1ccccc1. The van der Waals surface area contributed by atoms with Gasteiger partial charge in [0.2, 0.25) is 6.41 Å². The second-order valence-electron chi connectivity index (χ2n) is 18.8. The first-order chi connectivity index (χ1) is 32.4. The summed E-state index contributed by atoms with van der Waals surface area (Å²) in [6.07, 6.45) is 3.18. The van der Waals surface area contributed by atoms with E-state index in [2.05, 4.69) is 5.73 Å². The van der Waals surface area contributed by atoms with Gasteiger partial charge in [0.15, 0.2) is 5.78 Å². The van der Waals surface area contributed by atoms with Crippen LogP contribution in [0.4, 0.5) is 0 Å². The number of aliphatic hydroxyl groups is 3. The Balaban J connectivity index is 0.000000461. The van der Waals surface area contributed by atoms with E-state index in [1.165, 1.54) is 0 Å². The lowest BCUT2D eigenvalue weighted by Gasteiger charge is -2.61. The molecule has 0 spiro atoms. The fraction of sp³-hybridized carbons (Fsp3) is 0.529. The minimum absolute atomic E-state index is 0.0375. The maximum Gasteiger partial charge on any atom is 0.335 e. The van der Waals surface area contributed by atoms with E-state index in [9.17, 15) is 44.1 Å². The largest absolute Gasteiger partial charge is 0.481 e. The van der Waals surface area contributed by atoms with Gasteiger partial charge in [0.1, 0.15) is 6.10 Å². The smallest absolute Gasteiger partial charge is 0.335 e. The lowest BCUT2D eigenvalue weighted by atomic mass is 9.47. The number of ether oxygens (including phenoxy) is 2. The van der Waals surface area contributed by atoms with Gasteiger partial charge in [-0.3, -0.25) is 38.5 Å². The highest BCUT2D eigenvalue weighted by molar-refractivity contribution is 6.13. The standard InChI is InChI=1S/C20H30O5.C9H10O2.C7H7NO4.C7H6O2.C5H12O.C2H4O2.CH3NO/c1-10-5-6-20(24)8-12-11-9-25-13(11)7-14(21)19(12,4)17(23)16(22)15(10)18(20,2)3;10-9(11)7-6-8-4-2-1-3-5-8;9-5-1-2-6(10)8(5)4-3-7(11)12;8-7(9)6-4-2-1-3-5-6;1-5(2,3)6-4;1-2(3)4;2-1-3/h11-14,16,21-22,24H,5-9H2,1-4H3;1-5H,6-7H2,(H,10,11);1-2H,3-4H2,(H,11,12);1-5H,(H,8,9);1-4H3;1H3,(H,3,4);1H,(H2,2,3). The molecule has 7 rings (SSSR count). The van der Waals surface area contributed by atoms with Crippen LogP contribution < -0.4 is 5.73 Å². The number of aryl methyl sites for hydroxylation is 1.